The van der Waals surface area contributed by atoms with Crippen molar-refractivity contribution in [2.45, 2.75) is 6.54 Å². The topological polar surface area (TPSA) is 95.5 Å². The molecule has 23 heavy (non-hydrogen) atoms. The molecule has 120 valence electrons. The van der Waals surface area contributed by atoms with Crippen molar-refractivity contribution in [1.29, 1.82) is 0 Å². The smallest absolute Gasteiger partial charge is 0.289 e. The number of benzene rings is 1. The predicted molar refractivity (Wildman–Crippen MR) is 86.9 cm³/mol. The second-order valence-electron chi connectivity index (χ2n) is 5.18. The summed E-state index contributed by atoms with van der Waals surface area (Å²) < 4.78 is 24.8. The van der Waals surface area contributed by atoms with E-state index in [4.69, 9.17) is 0 Å². The quantitative estimate of drug-likeness (QED) is 0.916. The molecule has 0 bridgehead atoms. The zero-order valence-corrected chi connectivity index (χ0v) is 13.4. The summed E-state index contributed by atoms with van der Waals surface area (Å²) in [6, 6.07) is 9.03. The summed E-state index contributed by atoms with van der Waals surface area (Å²) in [5, 5.41) is 0. The largest absolute Gasteiger partial charge is 0.330 e. The number of amides is 2. The lowest BCUT2D eigenvalue weighted by Gasteiger charge is -2.33. The molecule has 1 aliphatic rings. The number of sulfonamides is 1. The average Bonchev–Trinajstić information content (AvgIpc) is 2.50. The number of urea groups is 1. The summed E-state index contributed by atoms with van der Waals surface area (Å²) in [6.07, 6.45) is 2.54. The first-order valence-corrected chi connectivity index (χ1v) is 8.68. The summed E-state index contributed by atoms with van der Waals surface area (Å²) >= 11 is 0. The standard InChI is InChI=1S/C14H15N5O3S/c1-18-12-10(8-15-13(16-12)17-23(2,21)22)9-19(14(18)20)11-6-4-3-5-7-11/h3-8H,9H2,1-2H3,(H,15,16,17). The number of nitrogens with one attached hydrogen (secondary N) is 1. The molecule has 1 aromatic heterocycles. The van der Waals surface area contributed by atoms with Crippen molar-refractivity contribution >= 4 is 33.5 Å². The van der Waals surface area contributed by atoms with Crippen LogP contribution in [0.25, 0.3) is 0 Å². The number of aromatic nitrogens is 2. The Hall–Kier alpha value is -2.68. The van der Waals surface area contributed by atoms with Crippen molar-refractivity contribution in [3.8, 4) is 0 Å². The minimum Gasteiger partial charge on any atom is -0.289 e. The van der Waals surface area contributed by atoms with Gasteiger partial charge in [-0.15, -0.1) is 0 Å². The van der Waals surface area contributed by atoms with Gasteiger partial charge < -0.3 is 0 Å². The number of hydrogen-bond acceptors (Lipinski definition) is 5. The number of carbonyl (C=O) groups is 1. The second-order valence-corrected chi connectivity index (χ2v) is 6.93. The van der Waals surface area contributed by atoms with Gasteiger partial charge in [0.05, 0.1) is 12.8 Å². The van der Waals surface area contributed by atoms with Crippen molar-refractivity contribution in [1.82, 2.24) is 9.97 Å². The van der Waals surface area contributed by atoms with Gasteiger partial charge in [-0.05, 0) is 12.1 Å². The van der Waals surface area contributed by atoms with Gasteiger partial charge in [-0.2, -0.15) is 4.98 Å². The molecule has 1 aliphatic heterocycles. The van der Waals surface area contributed by atoms with Crippen molar-refractivity contribution in [3.63, 3.8) is 0 Å². The van der Waals surface area contributed by atoms with E-state index in [0.29, 0.717) is 12.4 Å². The van der Waals surface area contributed by atoms with E-state index in [-0.39, 0.29) is 12.0 Å². The Kier molecular flexibility index (Phi) is 3.64. The van der Waals surface area contributed by atoms with Crippen molar-refractivity contribution in [2.24, 2.45) is 0 Å². The van der Waals surface area contributed by atoms with Crippen molar-refractivity contribution in [2.75, 3.05) is 27.8 Å². The molecule has 2 heterocycles. The molecule has 2 amide bonds. The van der Waals surface area contributed by atoms with Crippen LogP contribution in [0.1, 0.15) is 5.56 Å². The van der Waals surface area contributed by atoms with Crippen LogP contribution in [0.15, 0.2) is 36.5 Å². The molecule has 0 radical (unpaired) electrons. The second kappa shape index (κ2) is 5.51. The molecule has 8 nitrogen and oxygen atoms in total. The summed E-state index contributed by atoms with van der Waals surface area (Å²) in [5.41, 5.74) is 1.50. The van der Waals surface area contributed by atoms with Crippen LogP contribution in [0.2, 0.25) is 0 Å². The molecule has 1 N–H and O–H groups in total. The SMILES string of the molecule is CN1C(=O)N(c2ccccc2)Cc2cnc(NS(C)(=O)=O)nc21. The number of anilines is 3. The van der Waals surface area contributed by atoms with E-state index in [9.17, 15) is 13.2 Å². The molecular weight excluding hydrogens is 318 g/mol. The Bertz CT molecular complexity index is 854. The first kappa shape index (κ1) is 15.2. The molecule has 0 spiro atoms. The van der Waals surface area contributed by atoms with Gasteiger partial charge in [-0.1, -0.05) is 18.2 Å². The maximum atomic E-state index is 12.5. The van der Waals surface area contributed by atoms with E-state index in [1.54, 1.807) is 11.9 Å². The fourth-order valence-electron chi connectivity index (χ4n) is 2.33. The van der Waals surface area contributed by atoms with Crippen LogP contribution < -0.4 is 14.5 Å². The zero-order chi connectivity index (χ0) is 16.6. The molecule has 0 saturated heterocycles. The van der Waals surface area contributed by atoms with Crippen LogP contribution in [-0.4, -0.2) is 37.7 Å². The van der Waals surface area contributed by atoms with Gasteiger partial charge in [-0.25, -0.2) is 18.2 Å². The van der Waals surface area contributed by atoms with Crippen LogP contribution in [0, 0.1) is 0 Å². The Morgan fingerprint density at radius 2 is 1.91 bits per heavy atom. The Balaban J connectivity index is 1.97. The zero-order valence-electron chi connectivity index (χ0n) is 12.6. The third-order valence-corrected chi connectivity index (χ3v) is 3.90. The first-order valence-electron chi connectivity index (χ1n) is 6.79. The average molecular weight is 333 g/mol. The van der Waals surface area contributed by atoms with Gasteiger partial charge >= 0.3 is 6.03 Å². The summed E-state index contributed by atoms with van der Waals surface area (Å²) in [4.78, 5) is 23.7. The number of para-hydroxylation sites is 1. The fraction of sp³-hybridized carbons (Fsp3) is 0.214. The summed E-state index contributed by atoms with van der Waals surface area (Å²) in [5.74, 6) is 0.336. The highest BCUT2D eigenvalue weighted by Gasteiger charge is 2.30. The predicted octanol–water partition coefficient (Wildman–Crippen LogP) is 1.42. The molecule has 2 aromatic rings. The highest BCUT2D eigenvalue weighted by molar-refractivity contribution is 7.91. The summed E-state index contributed by atoms with van der Waals surface area (Å²) in [6.45, 7) is 0.321. The molecule has 1 aromatic carbocycles. The van der Waals surface area contributed by atoms with Gasteiger partial charge in [0.1, 0.15) is 5.82 Å². The molecule has 0 aliphatic carbocycles. The third kappa shape index (κ3) is 3.09. The molecule has 0 fully saturated rings. The van der Waals surface area contributed by atoms with Gasteiger partial charge in [0.25, 0.3) is 0 Å². The van der Waals surface area contributed by atoms with Gasteiger partial charge in [0.15, 0.2) is 0 Å². The van der Waals surface area contributed by atoms with E-state index in [1.165, 1.54) is 11.1 Å². The van der Waals surface area contributed by atoms with E-state index in [2.05, 4.69) is 14.7 Å². The maximum Gasteiger partial charge on any atom is 0.330 e. The lowest BCUT2D eigenvalue weighted by atomic mass is 10.2. The normalized spacial score (nSPS) is 14.6. The minimum atomic E-state index is -3.48. The number of nitrogens with zero attached hydrogens (tertiary/aromatic N) is 4. The van der Waals surface area contributed by atoms with Crippen LogP contribution in [0.3, 0.4) is 0 Å². The minimum absolute atomic E-state index is 0.0564. The van der Waals surface area contributed by atoms with Gasteiger partial charge in [0, 0.05) is 24.5 Å². The monoisotopic (exact) mass is 333 g/mol. The van der Waals surface area contributed by atoms with E-state index in [1.807, 2.05) is 30.3 Å². The van der Waals surface area contributed by atoms with Gasteiger partial charge in [0.2, 0.25) is 16.0 Å². The number of carbonyl (C=O) groups excluding carboxylic acids is 1. The number of hydrogen-bond donors (Lipinski definition) is 1. The highest BCUT2D eigenvalue weighted by atomic mass is 32.2. The molecule has 0 saturated carbocycles. The molecule has 0 atom stereocenters. The van der Waals surface area contributed by atoms with Crippen molar-refractivity contribution < 1.29 is 13.2 Å². The Labute approximate surface area is 133 Å². The van der Waals surface area contributed by atoms with E-state index < -0.39 is 10.0 Å². The molecule has 3 rings (SSSR count). The Morgan fingerprint density at radius 1 is 1.22 bits per heavy atom. The summed E-state index contributed by atoms with van der Waals surface area (Å²) in [7, 11) is -1.89. The lowest BCUT2D eigenvalue weighted by Crippen LogP contribution is -2.46. The van der Waals surface area contributed by atoms with Crippen LogP contribution >= 0.6 is 0 Å². The van der Waals surface area contributed by atoms with Crippen molar-refractivity contribution in [3.05, 3.63) is 42.1 Å². The Morgan fingerprint density at radius 3 is 2.57 bits per heavy atom. The van der Waals surface area contributed by atoms with E-state index >= 15 is 0 Å². The fourth-order valence-corrected chi connectivity index (χ4v) is 2.76. The third-order valence-electron chi connectivity index (χ3n) is 3.35. The molecule has 9 heteroatoms. The lowest BCUT2D eigenvalue weighted by molar-refractivity contribution is 0.251. The van der Waals surface area contributed by atoms with Gasteiger partial charge in [-0.3, -0.25) is 14.5 Å². The molecule has 0 unspecified atom stereocenters. The van der Waals surface area contributed by atoms with E-state index in [0.717, 1.165) is 17.5 Å². The first-order chi connectivity index (χ1) is 10.8. The highest BCUT2D eigenvalue weighted by Crippen LogP contribution is 2.29. The van der Waals surface area contributed by atoms with Crippen LogP contribution in [0.5, 0.6) is 0 Å². The van der Waals surface area contributed by atoms with Crippen LogP contribution in [0.4, 0.5) is 22.2 Å². The number of fused-ring (bicyclic) bond motifs is 1. The molecular formula is C14H15N5O3S. The van der Waals surface area contributed by atoms with Crippen LogP contribution in [-0.2, 0) is 16.6 Å². The number of rotatable bonds is 3. The maximum absolute atomic E-state index is 12.5.